The normalized spacial score (nSPS) is 22.0. The van der Waals surface area contributed by atoms with E-state index in [0.29, 0.717) is 31.9 Å². The van der Waals surface area contributed by atoms with Gasteiger partial charge in [0.2, 0.25) is 5.91 Å². The lowest BCUT2D eigenvalue weighted by atomic mass is 9.92. The number of amides is 3. The molecule has 1 aliphatic carbocycles. The quantitative estimate of drug-likeness (QED) is 0.619. The maximum Gasteiger partial charge on any atom is 0.272 e. The number of fused-ring (bicyclic) bond motifs is 1. The minimum atomic E-state index is -1.06. The smallest absolute Gasteiger partial charge is 0.272 e. The van der Waals surface area contributed by atoms with Gasteiger partial charge in [0.25, 0.3) is 11.8 Å². The number of ether oxygens (including phenoxy) is 1. The van der Waals surface area contributed by atoms with Crippen LogP contribution in [0.4, 0.5) is 0 Å². The number of nitrogens with one attached hydrogen (secondary N) is 2. The predicted molar refractivity (Wildman–Crippen MR) is 111 cm³/mol. The largest absolute Gasteiger partial charge is 0.382 e. The summed E-state index contributed by atoms with van der Waals surface area (Å²) in [5, 5.41) is 10.2. The maximum absolute atomic E-state index is 13.1. The molecule has 1 saturated carbocycles. The minimum Gasteiger partial charge on any atom is -0.382 e. The molecule has 1 aliphatic heterocycles. The van der Waals surface area contributed by atoms with Gasteiger partial charge in [-0.25, -0.2) is 0 Å². The predicted octanol–water partition coefficient (Wildman–Crippen LogP) is 1.33. The third kappa shape index (κ3) is 4.66. The van der Waals surface area contributed by atoms with Crippen LogP contribution >= 0.6 is 0 Å². The number of aromatic nitrogens is 2. The van der Waals surface area contributed by atoms with Crippen LogP contribution in [0.5, 0.6) is 0 Å². The van der Waals surface area contributed by atoms with Crippen LogP contribution in [-0.2, 0) is 16.1 Å². The second kappa shape index (κ2) is 9.59. The second-order valence-electron chi connectivity index (χ2n) is 8.33. The Morgan fingerprint density at radius 2 is 2.03 bits per heavy atom. The number of carbonyl (C=O) groups excluding carboxylic acids is 3. The van der Waals surface area contributed by atoms with E-state index in [1.165, 1.54) is 22.1 Å². The molecule has 1 aromatic rings. The van der Waals surface area contributed by atoms with Crippen molar-refractivity contribution < 1.29 is 19.1 Å². The van der Waals surface area contributed by atoms with E-state index >= 15 is 0 Å². The van der Waals surface area contributed by atoms with Crippen molar-refractivity contribution in [3.8, 4) is 0 Å². The fraction of sp³-hybridized carbons (Fsp3) is 0.714. The van der Waals surface area contributed by atoms with E-state index in [1.54, 1.807) is 14.0 Å². The summed E-state index contributed by atoms with van der Waals surface area (Å²) in [5.74, 6) is -0.823. The monoisotopic (exact) mass is 419 g/mol. The highest BCUT2D eigenvalue weighted by molar-refractivity contribution is 6.01. The first-order valence-electron chi connectivity index (χ1n) is 10.9. The van der Waals surface area contributed by atoms with E-state index in [-0.39, 0.29) is 36.0 Å². The number of hydrogen-bond acceptors (Lipinski definition) is 5. The minimum absolute atomic E-state index is 0.156. The Morgan fingerprint density at radius 3 is 2.73 bits per heavy atom. The highest BCUT2D eigenvalue weighted by atomic mass is 16.5. The Bertz CT molecular complexity index is 786. The van der Waals surface area contributed by atoms with E-state index in [2.05, 4.69) is 15.7 Å². The highest BCUT2D eigenvalue weighted by Gasteiger charge is 2.46. The molecule has 3 amide bonds. The average Bonchev–Trinajstić information content (AvgIpc) is 3.16. The van der Waals surface area contributed by atoms with E-state index in [1.807, 2.05) is 6.92 Å². The molecule has 30 heavy (non-hydrogen) atoms. The molecule has 1 atom stereocenters. The van der Waals surface area contributed by atoms with Gasteiger partial charge in [-0.05, 0) is 33.1 Å². The van der Waals surface area contributed by atoms with Gasteiger partial charge in [0.15, 0.2) is 5.69 Å². The summed E-state index contributed by atoms with van der Waals surface area (Å²) in [5.41, 5.74) is -0.557. The van der Waals surface area contributed by atoms with Crippen molar-refractivity contribution in [2.75, 3.05) is 26.8 Å². The third-order valence-corrected chi connectivity index (χ3v) is 6.12. The van der Waals surface area contributed by atoms with E-state index < -0.39 is 5.54 Å². The van der Waals surface area contributed by atoms with Crippen molar-refractivity contribution in [3.63, 3.8) is 0 Å². The average molecular weight is 420 g/mol. The van der Waals surface area contributed by atoms with Crippen molar-refractivity contribution in [2.24, 2.45) is 0 Å². The molecular weight excluding hydrogens is 386 g/mol. The Morgan fingerprint density at radius 1 is 1.30 bits per heavy atom. The molecule has 0 bridgehead atoms. The Kier molecular flexibility index (Phi) is 7.12. The first kappa shape index (κ1) is 22.3. The summed E-state index contributed by atoms with van der Waals surface area (Å²) in [4.78, 5) is 39.9. The lowest BCUT2D eigenvalue weighted by molar-refractivity contribution is -0.133. The molecule has 1 aromatic heterocycles. The fourth-order valence-electron chi connectivity index (χ4n) is 4.04. The molecule has 2 heterocycles. The Hall–Kier alpha value is -2.42. The second-order valence-corrected chi connectivity index (χ2v) is 8.33. The van der Waals surface area contributed by atoms with Gasteiger partial charge in [-0.3, -0.25) is 19.1 Å². The van der Waals surface area contributed by atoms with Gasteiger partial charge in [-0.1, -0.05) is 19.3 Å². The van der Waals surface area contributed by atoms with Crippen molar-refractivity contribution in [1.29, 1.82) is 0 Å². The van der Waals surface area contributed by atoms with Gasteiger partial charge < -0.3 is 20.3 Å². The van der Waals surface area contributed by atoms with Crippen LogP contribution < -0.4 is 10.6 Å². The lowest BCUT2D eigenvalue weighted by Crippen LogP contribution is -2.63. The lowest BCUT2D eigenvalue weighted by Gasteiger charge is -2.41. The Labute approximate surface area is 177 Å². The molecule has 1 fully saturated rings. The van der Waals surface area contributed by atoms with Crippen LogP contribution in [0.2, 0.25) is 0 Å². The summed E-state index contributed by atoms with van der Waals surface area (Å²) in [7, 11) is 1.63. The topological polar surface area (TPSA) is 106 Å². The molecule has 0 unspecified atom stereocenters. The first-order chi connectivity index (χ1) is 14.4. The summed E-state index contributed by atoms with van der Waals surface area (Å²) in [6.45, 7) is 5.57. The number of hydrogen-bond donors (Lipinski definition) is 2. The Balaban J connectivity index is 1.68. The number of likely N-dealkylation sites (N-methyl/N-ethyl adjacent to an activating group) is 1. The molecular formula is C21H33N5O4. The van der Waals surface area contributed by atoms with Gasteiger partial charge in [0.1, 0.15) is 11.2 Å². The van der Waals surface area contributed by atoms with Gasteiger partial charge in [0, 0.05) is 38.9 Å². The summed E-state index contributed by atoms with van der Waals surface area (Å²) >= 11 is 0. The molecule has 0 saturated heterocycles. The summed E-state index contributed by atoms with van der Waals surface area (Å²) < 4.78 is 6.74. The van der Waals surface area contributed by atoms with Crippen molar-refractivity contribution >= 4 is 17.7 Å². The zero-order chi connectivity index (χ0) is 21.7. The van der Waals surface area contributed by atoms with Crippen LogP contribution in [0.3, 0.4) is 0 Å². The SMILES string of the molecule is CCOCCCNC(=O)c1cc2n(n1)C[C@@](C)(C(=O)NC1CCCCC1)N(C)C2=O. The van der Waals surface area contributed by atoms with Crippen LogP contribution in [0, 0.1) is 0 Å². The molecule has 2 N–H and O–H groups in total. The molecule has 9 heteroatoms. The highest BCUT2D eigenvalue weighted by Crippen LogP contribution is 2.27. The van der Waals surface area contributed by atoms with Gasteiger partial charge in [-0.15, -0.1) is 0 Å². The molecule has 3 rings (SSSR count). The van der Waals surface area contributed by atoms with Crippen LogP contribution in [0.1, 0.15) is 73.3 Å². The van der Waals surface area contributed by atoms with E-state index in [9.17, 15) is 14.4 Å². The molecule has 0 aromatic carbocycles. The summed E-state index contributed by atoms with van der Waals surface area (Å²) in [6, 6.07) is 1.65. The zero-order valence-corrected chi connectivity index (χ0v) is 18.2. The number of rotatable bonds is 8. The summed E-state index contributed by atoms with van der Waals surface area (Å²) in [6.07, 6.45) is 6.08. The van der Waals surface area contributed by atoms with Crippen molar-refractivity contribution in [1.82, 2.24) is 25.3 Å². The zero-order valence-electron chi connectivity index (χ0n) is 18.2. The van der Waals surface area contributed by atoms with Gasteiger partial charge >= 0.3 is 0 Å². The van der Waals surface area contributed by atoms with Crippen molar-refractivity contribution in [3.05, 3.63) is 17.5 Å². The molecule has 9 nitrogen and oxygen atoms in total. The van der Waals surface area contributed by atoms with Crippen LogP contribution in [0.15, 0.2) is 6.07 Å². The maximum atomic E-state index is 13.1. The van der Waals surface area contributed by atoms with Crippen LogP contribution in [0.25, 0.3) is 0 Å². The van der Waals surface area contributed by atoms with E-state index in [4.69, 9.17) is 4.74 Å². The van der Waals surface area contributed by atoms with Crippen molar-refractivity contribution in [2.45, 2.75) is 70.5 Å². The molecule has 0 spiro atoms. The standard InChI is InChI=1S/C21H33N5O4/c1-4-30-12-8-11-22-18(27)16-13-17-19(28)25(3)21(2,14-26(17)24-16)20(29)23-15-9-6-5-7-10-15/h13,15H,4-12,14H2,1-3H3,(H,22,27)(H,23,29)/t21-/m0/s1. The first-order valence-corrected chi connectivity index (χ1v) is 10.9. The molecule has 2 aliphatic rings. The molecule has 166 valence electrons. The number of nitrogens with zero attached hydrogens (tertiary/aromatic N) is 3. The van der Waals surface area contributed by atoms with Gasteiger partial charge in [-0.2, -0.15) is 5.10 Å². The van der Waals surface area contributed by atoms with Gasteiger partial charge in [0.05, 0.1) is 6.54 Å². The third-order valence-electron chi connectivity index (χ3n) is 6.12. The number of carbonyl (C=O) groups is 3. The van der Waals surface area contributed by atoms with E-state index in [0.717, 1.165) is 25.7 Å². The fourth-order valence-corrected chi connectivity index (χ4v) is 4.04. The molecule has 0 radical (unpaired) electrons. The van der Waals surface area contributed by atoms with Crippen LogP contribution in [-0.4, -0.2) is 70.8 Å².